The lowest BCUT2D eigenvalue weighted by Gasteiger charge is -2.09. The van der Waals surface area contributed by atoms with Crippen LogP contribution in [0.5, 0.6) is 5.75 Å². The van der Waals surface area contributed by atoms with E-state index in [-0.39, 0.29) is 5.78 Å². The van der Waals surface area contributed by atoms with Crippen LogP contribution in [-0.2, 0) is 13.6 Å². The summed E-state index contributed by atoms with van der Waals surface area (Å²) >= 11 is 0. The molecule has 6 nitrogen and oxygen atoms in total. The number of hydrogen-bond acceptors (Lipinski definition) is 4. The van der Waals surface area contributed by atoms with Crippen LogP contribution in [0.4, 0.5) is 0 Å². The number of rotatable bonds is 6. The Morgan fingerprint density at radius 2 is 2.12 bits per heavy atom. The number of methoxy groups -OCH3 is 1. The summed E-state index contributed by atoms with van der Waals surface area (Å²) in [6.45, 7) is 0.605. The van der Waals surface area contributed by atoms with Gasteiger partial charge in [-0.3, -0.25) is 14.2 Å². The molecule has 0 radical (unpaired) electrons. The number of benzene rings is 1. The van der Waals surface area contributed by atoms with Crippen LogP contribution >= 0.6 is 0 Å². The van der Waals surface area contributed by atoms with Gasteiger partial charge in [0.25, 0.3) is 0 Å². The number of aromatic nitrogens is 4. The first-order chi connectivity index (χ1) is 11.7. The van der Waals surface area contributed by atoms with Gasteiger partial charge in [0.15, 0.2) is 0 Å². The zero-order valence-electron chi connectivity index (χ0n) is 13.6. The third-order valence-corrected chi connectivity index (χ3v) is 3.70. The Bertz CT molecular complexity index is 863. The highest BCUT2D eigenvalue weighted by atomic mass is 16.5. The van der Waals surface area contributed by atoms with Crippen molar-refractivity contribution < 1.29 is 9.53 Å². The minimum atomic E-state index is -0.0838. The van der Waals surface area contributed by atoms with E-state index in [2.05, 4.69) is 10.2 Å². The van der Waals surface area contributed by atoms with Crippen LogP contribution in [0.2, 0.25) is 0 Å². The van der Waals surface area contributed by atoms with Crippen molar-refractivity contribution >= 4 is 11.9 Å². The van der Waals surface area contributed by atoms with E-state index in [4.69, 9.17) is 4.74 Å². The summed E-state index contributed by atoms with van der Waals surface area (Å²) in [4.78, 5) is 12.2. The van der Waals surface area contributed by atoms with Gasteiger partial charge in [0.2, 0.25) is 5.78 Å². The maximum Gasteiger partial charge on any atom is 0.203 e. The van der Waals surface area contributed by atoms with Crippen LogP contribution in [0.1, 0.15) is 21.6 Å². The Morgan fingerprint density at radius 1 is 1.25 bits per heavy atom. The van der Waals surface area contributed by atoms with Crippen molar-refractivity contribution in [2.45, 2.75) is 6.54 Å². The molecule has 6 heteroatoms. The van der Waals surface area contributed by atoms with E-state index in [0.29, 0.717) is 12.2 Å². The molecule has 0 aliphatic carbocycles. The Hall–Kier alpha value is -3.15. The molecule has 0 N–H and O–H groups in total. The van der Waals surface area contributed by atoms with Gasteiger partial charge in [-0.1, -0.05) is 12.1 Å². The molecule has 0 aliphatic rings. The van der Waals surface area contributed by atoms with Crippen LogP contribution in [0.15, 0.2) is 55.0 Å². The minimum absolute atomic E-state index is 0.0838. The summed E-state index contributed by atoms with van der Waals surface area (Å²) < 4.78 is 8.79. The van der Waals surface area contributed by atoms with Crippen molar-refractivity contribution in [1.29, 1.82) is 0 Å². The molecule has 3 rings (SSSR count). The van der Waals surface area contributed by atoms with E-state index in [1.165, 1.54) is 0 Å². The third kappa shape index (κ3) is 3.43. The van der Waals surface area contributed by atoms with E-state index >= 15 is 0 Å². The lowest BCUT2D eigenvalue weighted by atomic mass is 10.1. The fourth-order valence-corrected chi connectivity index (χ4v) is 2.47. The zero-order chi connectivity index (χ0) is 16.9. The third-order valence-electron chi connectivity index (χ3n) is 3.70. The predicted octanol–water partition coefficient (Wildman–Crippen LogP) is 2.57. The molecule has 0 bridgehead atoms. The second-order valence-corrected chi connectivity index (χ2v) is 5.31. The van der Waals surface area contributed by atoms with Gasteiger partial charge in [0, 0.05) is 31.2 Å². The molecular formula is C18H18N4O2. The lowest BCUT2D eigenvalue weighted by molar-refractivity contribution is 0.103. The lowest BCUT2D eigenvalue weighted by Crippen LogP contribution is -2.04. The maximum absolute atomic E-state index is 12.2. The molecule has 0 unspecified atom stereocenters. The van der Waals surface area contributed by atoms with Crippen molar-refractivity contribution in [1.82, 2.24) is 19.6 Å². The van der Waals surface area contributed by atoms with Crippen molar-refractivity contribution in [3.05, 3.63) is 71.8 Å². The van der Waals surface area contributed by atoms with E-state index in [0.717, 1.165) is 16.9 Å². The molecule has 0 atom stereocenters. The van der Waals surface area contributed by atoms with E-state index in [1.807, 2.05) is 35.1 Å². The van der Waals surface area contributed by atoms with Gasteiger partial charge in [0.1, 0.15) is 11.4 Å². The molecule has 2 heterocycles. The normalized spacial score (nSPS) is 11.1. The maximum atomic E-state index is 12.2. The fraction of sp³-hybridized carbons (Fsp3) is 0.167. The van der Waals surface area contributed by atoms with E-state index in [1.54, 1.807) is 49.5 Å². The second-order valence-electron chi connectivity index (χ2n) is 5.31. The van der Waals surface area contributed by atoms with Crippen molar-refractivity contribution in [3.63, 3.8) is 0 Å². The highest BCUT2D eigenvalue weighted by Crippen LogP contribution is 2.21. The summed E-state index contributed by atoms with van der Waals surface area (Å²) in [5, 5.41) is 8.22. The Labute approximate surface area is 140 Å². The molecule has 0 spiro atoms. The minimum Gasteiger partial charge on any atom is -0.496 e. The standard InChI is InChI=1S/C18H18N4O2/c1-21-16(8-10-19-21)17(23)6-4-14-5-7-18(24-2)15(12-14)13-22-11-3-9-20-22/h3-12H,13H2,1-2H3/b6-4+. The van der Waals surface area contributed by atoms with Gasteiger partial charge in [-0.25, -0.2) is 0 Å². The fourth-order valence-electron chi connectivity index (χ4n) is 2.47. The van der Waals surface area contributed by atoms with Gasteiger partial charge in [-0.2, -0.15) is 10.2 Å². The number of nitrogens with zero attached hydrogens (tertiary/aromatic N) is 4. The Balaban J connectivity index is 1.82. The molecule has 2 aromatic heterocycles. The van der Waals surface area contributed by atoms with Crippen LogP contribution in [-0.4, -0.2) is 32.5 Å². The average molecular weight is 322 g/mol. The highest BCUT2D eigenvalue weighted by Gasteiger charge is 2.07. The number of aryl methyl sites for hydroxylation is 1. The smallest absolute Gasteiger partial charge is 0.203 e. The molecule has 24 heavy (non-hydrogen) atoms. The number of carbonyl (C=O) groups is 1. The van der Waals surface area contributed by atoms with Crippen molar-refractivity contribution in [3.8, 4) is 5.75 Å². The Kier molecular flexibility index (Phi) is 4.56. The summed E-state index contributed by atoms with van der Waals surface area (Å²) in [5.74, 6) is 0.708. The second kappa shape index (κ2) is 6.95. The molecule has 122 valence electrons. The largest absolute Gasteiger partial charge is 0.496 e. The van der Waals surface area contributed by atoms with Crippen LogP contribution in [0.25, 0.3) is 6.08 Å². The number of allylic oxidation sites excluding steroid dienone is 1. The molecule has 0 saturated carbocycles. The van der Waals surface area contributed by atoms with Gasteiger partial charge < -0.3 is 4.74 Å². The number of ether oxygens (including phenoxy) is 1. The monoisotopic (exact) mass is 322 g/mol. The van der Waals surface area contributed by atoms with Crippen LogP contribution in [0, 0.1) is 0 Å². The molecular weight excluding hydrogens is 304 g/mol. The van der Waals surface area contributed by atoms with Crippen LogP contribution in [0.3, 0.4) is 0 Å². The van der Waals surface area contributed by atoms with Gasteiger partial charge in [-0.05, 0) is 35.9 Å². The molecule has 0 aliphatic heterocycles. The average Bonchev–Trinajstić information content (AvgIpc) is 3.24. The predicted molar refractivity (Wildman–Crippen MR) is 90.9 cm³/mol. The summed E-state index contributed by atoms with van der Waals surface area (Å²) in [7, 11) is 3.39. The first kappa shape index (κ1) is 15.7. The quantitative estimate of drug-likeness (QED) is 0.517. The molecule has 1 aromatic carbocycles. The number of hydrogen-bond donors (Lipinski definition) is 0. The van der Waals surface area contributed by atoms with Crippen LogP contribution < -0.4 is 4.74 Å². The summed E-state index contributed by atoms with van der Waals surface area (Å²) in [5.41, 5.74) is 2.47. The molecule has 0 amide bonds. The van der Waals surface area contributed by atoms with Gasteiger partial charge in [0.05, 0.1) is 13.7 Å². The number of carbonyl (C=O) groups excluding carboxylic acids is 1. The zero-order valence-corrected chi connectivity index (χ0v) is 13.6. The first-order valence-electron chi connectivity index (χ1n) is 7.52. The summed E-state index contributed by atoms with van der Waals surface area (Å²) in [6, 6.07) is 9.38. The SMILES string of the molecule is COc1ccc(/C=C/C(=O)c2ccnn2C)cc1Cn1cccn1. The molecule has 3 aromatic rings. The first-order valence-corrected chi connectivity index (χ1v) is 7.52. The van der Waals surface area contributed by atoms with E-state index in [9.17, 15) is 4.79 Å². The summed E-state index contributed by atoms with van der Waals surface area (Å²) in [6.07, 6.45) is 8.59. The Morgan fingerprint density at radius 3 is 2.79 bits per heavy atom. The van der Waals surface area contributed by atoms with E-state index < -0.39 is 0 Å². The van der Waals surface area contributed by atoms with Crippen molar-refractivity contribution in [2.24, 2.45) is 7.05 Å². The molecule has 0 fully saturated rings. The van der Waals surface area contributed by atoms with Crippen molar-refractivity contribution in [2.75, 3.05) is 7.11 Å². The number of ketones is 1. The highest BCUT2D eigenvalue weighted by molar-refractivity contribution is 6.05. The topological polar surface area (TPSA) is 61.9 Å². The molecule has 0 saturated heterocycles. The van der Waals surface area contributed by atoms with Gasteiger partial charge in [-0.15, -0.1) is 0 Å². The van der Waals surface area contributed by atoms with Gasteiger partial charge >= 0.3 is 0 Å².